The van der Waals surface area contributed by atoms with Crippen LogP contribution in [0.1, 0.15) is 12.5 Å². The van der Waals surface area contributed by atoms with Crippen LogP contribution >= 0.6 is 11.3 Å². The van der Waals surface area contributed by atoms with Crippen molar-refractivity contribution in [3.63, 3.8) is 0 Å². The summed E-state index contributed by atoms with van der Waals surface area (Å²) in [6.07, 6.45) is -0.683. The van der Waals surface area contributed by atoms with E-state index in [9.17, 15) is 4.79 Å². The molecule has 0 spiro atoms. The van der Waals surface area contributed by atoms with Crippen LogP contribution in [-0.4, -0.2) is 17.0 Å². The molecular formula is C19H15N3O2S. The van der Waals surface area contributed by atoms with Gasteiger partial charge in [-0.05, 0) is 31.2 Å². The number of rotatable bonds is 5. The first-order valence-electron chi connectivity index (χ1n) is 7.64. The first kappa shape index (κ1) is 16.7. The topological polar surface area (TPSA) is 75.0 Å². The summed E-state index contributed by atoms with van der Waals surface area (Å²) in [4.78, 5) is 16.7. The van der Waals surface area contributed by atoms with Gasteiger partial charge < -0.3 is 4.74 Å². The maximum atomic E-state index is 12.3. The number of nitrogens with zero attached hydrogens (tertiary/aromatic N) is 2. The van der Waals surface area contributed by atoms with Crippen LogP contribution in [0.15, 0.2) is 60.0 Å². The first-order chi connectivity index (χ1) is 12.2. The van der Waals surface area contributed by atoms with Crippen molar-refractivity contribution in [3.05, 3.63) is 65.5 Å². The zero-order valence-electron chi connectivity index (χ0n) is 13.5. The van der Waals surface area contributed by atoms with E-state index in [0.717, 1.165) is 11.3 Å². The van der Waals surface area contributed by atoms with Crippen LogP contribution in [0, 0.1) is 11.3 Å². The molecule has 0 radical (unpaired) electrons. The van der Waals surface area contributed by atoms with Crippen molar-refractivity contribution in [2.45, 2.75) is 13.0 Å². The lowest BCUT2D eigenvalue weighted by Crippen LogP contribution is -2.30. The van der Waals surface area contributed by atoms with Gasteiger partial charge in [-0.15, -0.1) is 11.3 Å². The largest absolute Gasteiger partial charge is 0.481 e. The summed E-state index contributed by atoms with van der Waals surface area (Å²) in [5.41, 5.74) is 2.36. The van der Waals surface area contributed by atoms with Gasteiger partial charge in [0.05, 0.1) is 17.3 Å². The number of ether oxygens (including phenoxy) is 1. The number of amides is 1. The molecule has 0 saturated heterocycles. The number of carbonyl (C=O) groups excluding carboxylic acids is 1. The molecule has 1 aromatic heterocycles. The van der Waals surface area contributed by atoms with Crippen LogP contribution < -0.4 is 10.1 Å². The smallest absolute Gasteiger partial charge is 0.266 e. The molecule has 0 aliphatic rings. The molecule has 6 heteroatoms. The molecule has 0 unspecified atom stereocenters. The molecule has 1 heterocycles. The van der Waals surface area contributed by atoms with Crippen LogP contribution in [-0.2, 0) is 4.79 Å². The van der Waals surface area contributed by atoms with E-state index in [4.69, 9.17) is 10.00 Å². The summed E-state index contributed by atoms with van der Waals surface area (Å²) in [6, 6.07) is 18.4. The monoisotopic (exact) mass is 349 g/mol. The quantitative estimate of drug-likeness (QED) is 0.753. The van der Waals surface area contributed by atoms with Crippen LogP contribution in [0.2, 0.25) is 0 Å². The van der Waals surface area contributed by atoms with Crippen LogP contribution in [0.5, 0.6) is 5.75 Å². The van der Waals surface area contributed by atoms with Gasteiger partial charge in [0.1, 0.15) is 5.75 Å². The first-order valence-corrected chi connectivity index (χ1v) is 8.52. The molecule has 1 N–H and O–H groups in total. The Bertz CT molecular complexity index is 898. The van der Waals surface area contributed by atoms with Crippen LogP contribution in [0.3, 0.4) is 0 Å². The fraction of sp³-hybridized carbons (Fsp3) is 0.105. The highest BCUT2D eigenvalue weighted by Crippen LogP contribution is 2.24. The van der Waals surface area contributed by atoms with E-state index in [1.807, 2.05) is 41.8 Å². The van der Waals surface area contributed by atoms with Gasteiger partial charge in [-0.3, -0.25) is 10.1 Å². The van der Waals surface area contributed by atoms with Crippen LogP contribution in [0.25, 0.3) is 11.3 Å². The van der Waals surface area contributed by atoms with Crippen molar-refractivity contribution in [2.75, 3.05) is 5.32 Å². The predicted octanol–water partition coefficient (Wildman–Crippen LogP) is 4.09. The third-order valence-corrected chi connectivity index (χ3v) is 4.23. The van der Waals surface area contributed by atoms with E-state index in [1.165, 1.54) is 11.3 Å². The van der Waals surface area contributed by atoms with Gasteiger partial charge in [-0.2, -0.15) is 5.26 Å². The Balaban J connectivity index is 1.61. The second kappa shape index (κ2) is 7.60. The Morgan fingerprint density at radius 3 is 2.60 bits per heavy atom. The SMILES string of the molecule is C[C@@H](Oc1ccc(C#N)cc1)C(=O)Nc1nc(-c2ccccc2)cs1. The van der Waals surface area contributed by atoms with Gasteiger partial charge in [0.15, 0.2) is 11.2 Å². The zero-order chi connectivity index (χ0) is 17.6. The Morgan fingerprint density at radius 1 is 1.20 bits per heavy atom. The molecule has 2 aromatic carbocycles. The Morgan fingerprint density at radius 2 is 1.92 bits per heavy atom. The highest BCUT2D eigenvalue weighted by molar-refractivity contribution is 7.14. The molecular weight excluding hydrogens is 334 g/mol. The summed E-state index contributed by atoms with van der Waals surface area (Å²) in [7, 11) is 0. The number of thiazole rings is 1. The zero-order valence-corrected chi connectivity index (χ0v) is 14.3. The second-order valence-electron chi connectivity index (χ2n) is 5.29. The molecule has 3 rings (SSSR count). The molecule has 1 amide bonds. The van der Waals surface area contributed by atoms with Crippen molar-refractivity contribution in [2.24, 2.45) is 0 Å². The molecule has 124 valence electrons. The van der Waals surface area contributed by atoms with E-state index in [2.05, 4.69) is 10.3 Å². The maximum absolute atomic E-state index is 12.3. The average molecular weight is 349 g/mol. The molecule has 25 heavy (non-hydrogen) atoms. The molecule has 0 fully saturated rings. The highest BCUT2D eigenvalue weighted by Gasteiger charge is 2.16. The summed E-state index contributed by atoms with van der Waals surface area (Å²) >= 11 is 1.37. The van der Waals surface area contributed by atoms with E-state index in [0.29, 0.717) is 16.4 Å². The van der Waals surface area contributed by atoms with E-state index in [1.54, 1.807) is 31.2 Å². The van der Waals surface area contributed by atoms with Crippen LogP contribution in [0.4, 0.5) is 5.13 Å². The maximum Gasteiger partial charge on any atom is 0.266 e. The highest BCUT2D eigenvalue weighted by atomic mass is 32.1. The van der Waals surface area contributed by atoms with E-state index < -0.39 is 6.10 Å². The minimum absolute atomic E-state index is 0.279. The van der Waals surface area contributed by atoms with Gasteiger partial charge in [0.2, 0.25) is 0 Å². The summed E-state index contributed by atoms with van der Waals surface area (Å²) in [6.45, 7) is 1.67. The lowest BCUT2D eigenvalue weighted by Gasteiger charge is -2.13. The third-order valence-electron chi connectivity index (χ3n) is 3.47. The number of benzene rings is 2. The third kappa shape index (κ3) is 4.22. The van der Waals surface area contributed by atoms with Crippen molar-refractivity contribution < 1.29 is 9.53 Å². The number of nitrogens with one attached hydrogen (secondary N) is 1. The minimum atomic E-state index is -0.683. The lowest BCUT2D eigenvalue weighted by molar-refractivity contribution is -0.122. The molecule has 5 nitrogen and oxygen atoms in total. The van der Waals surface area contributed by atoms with Crippen molar-refractivity contribution in [1.29, 1.82) is 5.26 Å². The molecule has 3 aromatic rings. The normalized spacial score (nSPS) is 11.4. The Hall–Kier alpha value is -3.17. The number of nitriles is 1. The van der Waals surface area contributed by atoms with E-state index in [-0.39, 0.29) is 5.91 Å². The summed E-state index contributed by atoms with van der Waals surface area (Å²) in [5.74, 6) is 0.254. The molecule has 0 aliphatic heterocycles. The summed E-state index contributed by atoms with van der Waals surface area (Å²) in [5, 5.41) is 14.0. The minimum Gasteiger partial charge on any atom is -0.481 e. The number of hydrogen-bond acceptors (Lipinski definition) is 5. The molecule has 0 aliphatic carbocycles. The molecule has 0 saturated carbocycles. The average Bonchev–Trinajstić information content (AvgIpc) is 3.11. The fourth-order valence-electron chi connectivity index (χ4n) is 2.15. The van der Waals surface area contributed by atoms with Crippen molar-refractivity contribution >= 4 is 22.4 Å². The second-order valence-corrected chi connectivity index (χ2v) is 6.15. The number of hydrogen-bond donors (Lipinski definition) is 1. The predicted molar refractivity (Wildman–Crippen MR) is 97.4 cm³/mol. The molecule has 0 bridgehead atoms. The molecule has 1 atom stereocenters. The van der Waals surface area contributed by atoms with Gasteiger partial charge in [0, 0.05) is 10.9 Å². The standard InChI is InChI=1S/C19H15N3O2S/c1-13(24-16-9-7-14(11-20)8-10-16)18(23)22-19-21-17(12-25-19)15-5-3-2-4-6-15/h2-10,12-13H,1H3,(H,21,22,23)/t13-/m1/s1. The van der Waals surface area contributed by atoms with Crippen molar-refractivity contribution in [3.8, 4) is 23.1 Å². The Labute approximate surface area is 149 Å². The van der Waals surface area contributed by atoms with E-state index >= 15 is 0 Å². The number of carbonyl (C=O) groups is 1. The fourth-order valence-corrected chi connectivity index (χ4v) is 2.87. The lowest BCUT2D eigenvalue weighted by atomic mass is 10.2. The van der Waals surface area contributed by atoms with Gasteiger partial charge in [-0.1, -0.05) is 30.3 Å². The van der Waals surface area contributed by atoms with Crippen molar-refractivity contribution in [1.82, 2.24) is 4.98 Å². The van der Waals surface area contributed by atoms with Gasteiger partial charge >= 0.3 is 0 Å². The summed E-state index contributed by atoms with van der Waals surface area (Å²) < 4.78 is 5.59. The van der Waals surface area contributed by atoms with Gasteiger partial charge in [0.25, 0.3) is 5.91 Å². The Kier molecular flexibility index (Phi) is 5.07. The van der Waals surface area contributed by atoms with Gasteiger partial charge in [-0.25, -0.2) is 4.98 Å². The number of aromatic nitrogens is 1. The number of anilines is 1.